The molecule has 2 rings (SSSR count). The Labute approximate surface area is 124 Å². The first-order chi connectivity index (χ1) is 10.1. The average molecular weight is 305 g/mol. The molecule has 0 heterocycles. The van der Waals surface area contributed by atoms with Gasteiger partial charge in [-0.15, -0.1) is 0 Å². The van der Waals surface area contributed by atoms with Gasteiger partial charge < -0.3 is 0 Å². The van der Waals surface area contributed by atoms with Crippen molar-refractivity contribution >= 4 is 16.1 Å². The van der Waals surface area contributed by atoms with Crippen LogP contribution in [0.1, 0.15) is 11.1 Å². The van der Waals surface area contributed by atoms with Crippen molar-refractivity contribution in [2.24, 2.45) is 0 Å². The van der Waals surface area contributed by atoms with Crippen molar-refractivity contribution in [3.8, 4) is 0 Å². The maximum absolute atomic E-state index is 13.4. The van der Waals surface area contributed by atoms with E-state index < -0.39 is 10.0 Å². The summed E-state index contributed by atoms with van der Waals surface area (Å²) in [5, 5.41) is 1.11. The van der Waals surface area contributed by atoms with Crippen molar-refractivity contribution in [3.63, 3.8) is 0 Å². The summed E-state index contributed by atoms with van der Waals surface area (Å²) in [5.41, 5.74) is 1.30. The van der Waals surface area contributed by atoms with Gasteiger partial charge in [-0.1, -0.05) is 48.5 Å². The molecule has 3 nitrogen and oxygen atoms in total. The number of sulfonamides is 1. The minimum Gasteiger partial charge on any atom is -0.211 e. The molecule has 0 bridgehead atoms. The van der Waals surface area contributed by atoms with Gasteiger partial charge in [-0.3, -0.25) is 0 Å². The lowest BCUT2D eigenvalue weighted by molar-refractivity contribution is 0.585. The quantitative estimate of drug-likeness (QED) is 0.892. The fourth-order valence-corrected chi connectivity index (χ4v) is 2.63. The van der Waals surface area contributed by atoms with E-state index >= 15 is 0 Å². The largest absolute Gasteiger partial charge is 0.233 e. The third kappa shape index (κ3) is 5.13. The highest BCUT2D eigenvalue weighted by molar-refractivity contribution is 7.92. The van der Waals surface area contributed by atoms with E-state index in [1.54, 1.807) is 18.2 Å². The fourth-order valence-electron chi connectivity index (χ4n) is 1.81. The molecule has 21 heavy (non-hydrogen) atoms. The minimum atomic E-state index is -3.52. The molecule has 0 aromatic heterocycles. The van der Waals surface area contributed by atoms with Crippen LogP contribution in [0.15, 0.2) is 60.0 Å². The molecule has 0 aliphatic rings. The van der Waals surface area contributed by atoms with Crippen molar-refractivity contribution in [2.75, 3.05) is 6.54 Å². The molecule has 1 N–H and O–H groups in total. The van der Waals surface area contributed by atoms with Gasteiger partial charge in [0.05, 0.1) is 0 Å². The number of nitrogens with one attached hydrogen (secondary N) is 1. The van der Waals surface area contributed by atoms with Crippen LogP contribution >= 0.6 is 0 Å². The van der Waals surface area contributed by atoms with Gasteiger partial charge in [-0.05, 0) is 29.7 Å². The summed E-state index contributed by atoms with van der Waals surface area (Å²) in [6.45, 7) is 0.155. The molecule has 0 saturated carbocycles. The molecule has 110 valence electrons. The Morgan fingerprint density at radius 1 is 1.00 bits per heavy atom. The molecule has 0 fully saturated rings. The van der Waals surface area contributed by atoms with Gasteiger partial charge in [0.15, 0.2) is 0 Å². The summed E-state index contributed by atoms with van der Waals surface area (Å²) in [4.78, 5) is 0. The Kier molecular flexibility index (Phi) is 5.25. The molecule has 0 saturated heterocycles. The number of halogens is 1. The molecule has 0 amide bonds. The van der Waals surface area contributed by atoms with Crippen molar-refractivity contribution in [2.45, 2.75) is 6.42 Å². The molecular weight excluding hydrogens is 289 g/mol. The van der Waals surface area contributed by atoms with Crippen LogP contribution in [0.25, 0.3) is 6.08 Å². The number of rotatable bonds is 6. The summed E-state index contributed by atoms with van der Waals surface area (Å²) < 4.78 is 39.4. The van der Waals surface area contributed by atoms with Gasteiger partial charge in [0.2, 0.25) is 10.0 Å². The monoisotopic (exact) mass is 305 g/mol. The summed E-state index contributed by atoms with van der Waals surface area (Å²) in [7, 11) is -3.52. The second kappa shape index (κ2) is 7.15. The SMILES string of the molecule is O=S(=O)(C=Cc1ccccc1)NCCc1ccccc1F. The average Bonchev–Trinajstić information content (AvgIpc) is 2.48. The highest BCUT2D eigenvalue weighted by Crippen LogP contribution is 2.07. The van der Waals surface area contributed by atoms with E-state index in [9.17, 15) is 12.8 Å². The zero-order valence-corrected chi connectivity index (χ0v) is 12.2. The van der Waals surface area contributed by atoms with Crippen LogP contribution in [0.4, 0.5) is 4.39 Å². The van der Waals surface area contributed by atoms with Crippen LogP contribution < -0.4 is 4.72 Å². The lowest BCUT2D eigenvalue weighted by Gasteiger charge is -2.04. The third-order valence-corrected chi connectivity index (χ3v) is 4.00. The fraction of sp³-hybridized carbons (Fsp3) is 0.125. The second-order valence-electron chi connectivity index (χ2n) is 4.49. The zero-order valence-electron chi connectivity index (χ0n) is 11.4. The number of benzene rings is 2. The van der Waals surface area contributed by atoms with Gasteiger partial charge in [0.1, 0.15) is 5.82 Å². The van der Waals surface area contributed by atoms with Crippen LogP contribution in [-0.4, -0.2) is 15.0 Å². The predicted octanol–water partition coefficient (Wildman–Crippen LogP) is 2.96. The van der Waals surface area contributed by atoms with E-state index in [4.69, 9.17) is 0 Å². The molecule has 2 aromatic carbocycles. The van der Waals surface area contributed by atoms with E-state index in [2.05, 4.69) is 4.72 Å². The van der Waals surface area contributed by atoms with Crippen molar-refractivity contribution in [1.82, 2.24) is 4.72 Å². The van der Waals surface area contributed by atoms with Crippen LogP contribution in [0.2, 0.25) is 0 Å². The molecule has 5 heteroatoms. The van der Waals surface area contributed by atoms with Gasteiger partial charge in [-0.25, -0.2) is 17.5 Å². The van der Waals surface area contributed by atoms with Gasteiger partial charge in [0, 0.05) is 12.0 Å². The standard InChI is InChI=1S/C16H16FNO2S/c17-16-9-5-4-8-15(16)10-12-18-21(19,20)13-11-14-6-2-1-3-7-14/h1-9,11,13,18H,10,12H2. The van der Waals surface area contributed by atoms with Gasteiger partial charge in [0.25, 0.3) is 0 Å². The first kappa shape index (κ1) is 15.4. The van der Waals surface area contributed by atoms with E-state index in [0.717, 1.165) is 11.0 Å². The molecule has 0 unspecified atom stereocenters. The summed E-state index contributed by atoms with van der Waals surface area (Å²) >= 11 is 0. The van der Waals surface area contributed by atoms with E-state index in [-0.39, 0.29) is 12.4 Å². The molecular formula is C16H16FNO2S. The van der Waals surface area contributed by atoms with Crippen molar-refractivity contribution < 1.29 is 12.8 Å². The van der Waals surface area contributed by atoms with Crippen molar-refractivity contribution in [1.29, 1.82) is 0 Å². The van der Waals surface area contributed by atoms with Crippen LogP contribution in [0.5, 0.6) is 0 Å². The van der Waals surface area contributed by atoms with Gasteiger partial charge in [-0.2, -0.15) is 0 Å². The van der Waals surface area contributed by atoms with E-state index in [1.165, 1.54) is 12.1 Å². The highest BCUT2D eigenvalue weighted by Gasteiger charge is 2.06. The Morgan fingerprint density at radius 3 is 2.38 bits per heavy atom. The smallest absolute Gasteiger partial charge is 0.211 e. The maximum Gasteiger partial charge on any atom is 0.233 e. The first-order valence-corrected chi connectivity index (χ1v) is 8.08. The first-order valence-electron chi connectivity index (χ1n) is 6.53. The third-order valence-electron chi connectivity index (χ3n) is 2.89. The number of hydrogen-bond acceptors (Lipinski definition) is 2. The number of hydrogen-bond donors (Lipinski definition) is 1. The highest BCUT2D eigenvalue weighted by atomic mass is 32.2. The van der Waals surface area contributed by atoms with Crippen LogP contribution in [0, 0.1) is 5.82 Å². The lowest BCUT2D eigenvalue weighted by atomic mass is 10.1. The Bertz CT molecular complexity index is 712. The molecule has 0 spiro atoms. The molecule has 0 radical (unpaired) electrons. The molecule has 0 atom stereocenters. The normalized spacial score (nSPS) is 11.9. The van der Waals surface area contributed by atoms with Gasteiger partial charge >= 0.3 is 0 Å². The summed E-state index contributed by atoms with van der Waals surface area (Å²) in [5.74, 6) is -0.323. The van der Waals surface area contributed by atoms with Crippen LogP contribution in [-0.2, 0) is 16.4 Å². The maximum atomic E-state index is 13.4. The van der Waals surface area contributed by atoms with E-state index in [1.807, 2.05) is 30.3 Å². The Morgan fingerprint density at radius 2 is 1.67 bits per heavy atom. The second-order valence-corrected chi connectivity index (χ2v) is 6.15. The zero-order chi connectivity index (χ0) is 15.1. The Balaban J connectivity index is 1.90. The summed E-state index contributed by atoms with van der Waals surface area (Å²) in [6.07, 6.45) is 1.83. The van der Waals surface area contributed by atoms with Crippen molar-refractivity contribution in [3.05, 3.63) is 76.9 Å². The van der Waals surface area contributed by atoms with Crippen LogP contribution in [0.3, 0.4) is 0 Å². The lowest BCUT2D eigenvalue weighted by Crippen LogP contribution is -2.23. The molecule has 2 aromatic rings. The minimum absolute atomic E-state index is 0.155. The Hall–Kier alpha value is -1.98. The van der Waals surface area contributed by atoms with E-state index in [0.29, 0.717) is 12.0 Å². The predicted molar refractivity (Wildman–Crippen MR) is 82.5 cm³/mol. The summed E-state index contributed by atoms with van der Waals surface area (Å²) in [6, 6.07) is 15.5. The molecule has 0 aliphatic carbocycles. The molecule has 0 aliphatic heterocycles. The topological polar surface area (TPSA) is 46.2 Å².